The van der Waals surface area contributed by atoms with Crippen LogP contribution in [0.4, 0.5) is 10.5 Å². The maximum absolute atomic E-state index is 12.4. The summed E-state index contributed by atoms with van der Waals surface area (Å²) in [5.41, 5.74) is 3.27. The minimum Gasteiger partial charge on any atom is -0.445 e. The highest BCUT2D eigenvalue weighted by molar-refractivity contribution is 5.69. The lowest BCUT2D eigenvalue weighted by Gasteiger charge is -2.39. The molecule has 3 atom stereocenters. The van der Waals surface area contributed by atoms with Crippen molar-refractivity contribution in [3.8, 4) is 0 Å². The number of hydrogen-bond donors (Lipinski definition) is 2. The highest BCUT2D eigenvalue weighted by Gasteiger charge is 2.42. The molecule has 25 heavy (non-hydrogen) atoms. The first kappa shape index (κ1) is 16.0. The van der Waals surface area contributed by atoms with Crippen molar-refractivity contribution in [2.75, 3.05) is 5.32 Å². The second-order valence-corrected chi connectivity index (χ2v) is 7.14. The third kappa shape index (κ3) is 3.48. The van der Waals surface area contributed by atoms with Gasteiger partial charge in [0.1, 0.15) is 6.61 Å². The van der Waals surface area contributed by atoms with Crippen molar-refractivity contribution in [3.05, 3.63) is 65.7 Å². The van der Waals surface area contributed by atoms with Gasteiger partial charge in [0.05, 0.1) is 6.04 Å². The number of para-hydroxylation sites is 1. The number of nitrogens with one attached hydrogen (secondary N) is 2. The monoisotopic (exact) mass is 336 g/mol. The Hall–Kier alpha value is -2.49. The van der Waals surface area contributed by atoms with E-state index in [1.165, 1.54) is 12.8 Å². The summed E-state index contributed by atoms with van der Waals surface area (Å²) in [6, 6.07) is 18.4. The van der Waals surface area contributed by atoms with Crippen molar-refractivity contribution >= 4 is 11.8 Å². The van der Waals surface area contributed by atoms with E-state index in [-0.39, 0.29) is 12.1 Å². The third-order valence-electron chi connectivity index (χ3n) is 5.33. The summed E-state index contributed by atoms with van der Waals surface area (Å²) in [5, 5.41) is 6.78. The van der Waals surface area contributed by atoms with Crippen LogP contribution in [0.1, 0.15) is 36.9 Å². The molecule has 1 fully saturated rings. The predicted molar refractivity (Wildman–Crippen MR) is 98.2 cm³/mol. The van der Waals surface area contributed by atoms with Gasteiger partial charge in [0.15, 0.2) is 0 Å². The molecule has 4 nitrogen and oxygen atoms in total. The van der Waals surface area contributed by atoms with E-state index in [0.717, 1.165) is 16.8 Å². The Morgan fingerprint density at radius 3 is 2.60 bits per heavy atom. The summed E-state index contributed by atoms with van der Waals surface area (Å²) in [6.07, 6.45) is 2.19. The molecule has 1 aliphatic heterocycles. The number of carbonyl (C=O) groups is 1. The van der Waals surface area contributed by atoms with Crippen LogP contribution in [0.5, 0.6) is 0 Å². The minimum atomic E-state index is -0.355. The van der Waals surface area contributed by atoms with Gasteiger partial charge in [-0.3, -0.25) is 0 Å². The number of ether oxygens (including phenoxy) is 1. The van der Waals surface area contributed by atoms with Crippen LogP contribution in [0.2, 0.25) is 0 Å². The maximum Gasteiger partial charge on any atom is 0.407 e. The van der Waals surface area contributed by atoms with Crippen LogP contribution >= 0.6 is 0 Å². The molecule has 1 amide bonds. The van der Waals surface area contributed by atoms with E-state index in [9.17, 15) is 4.79 Å². The first-order valence-corrected chi connectivity index (χ1v) is 9.05. The Kier molecular flexibility index (Phi) is 4.35. The molecule has 0 aromatic heterocycles. The van der Waals surface area contributed by atoms with Gasteiger partial charge in [-0.15, -0.1) is 0 Å². The largest absolute Gasteiger partial charge is 0.445 e. The normalized spacial score (nSPS) is 24.8. The van der Waals surface area contributed by atoms with Crippen molar-refractivity contribution in [1.29, 1.82) is 0 Å². The number of benzene rings is 2. The smallest absolute Gasteiger partial charge is 0.407 e. The Balaban J connectivity index is 1.46. The predicted octanol–water partition coefficient (Wildman–Crippen LogP) is 4.49. The lowest BCUT2D eigenvalue weighted by molar-refractivity contribution is 0.130. The van der Waals surface area contributed by atoms with Gasteiger partial charge in [0.25, 0.3) is 0 Å². The highest BCUT2D eigenvalue weighted by Crippen LogP contribution is 2.45. The highest BCUT2D eigenvalue weighted by atomic mass is 16.5. The Bertz CT molecular complexity index is 743. The Morgan fingerprint density at radius 1 is 1.12 bits per heavy atom. The summed E-state index contributed by atoms with van der Waals surface area (Å²) in [6.45, 7) is 2.51. The van der Waals surface area contributed by atoms with Gasteiger partial charge in [-0.05, 0) is 36.0 Å². The topological polar surface area (TPSA) is 50.4 Å². The molecule has 4 heteroatoms. The third-order valence-corrected chi connectivity index (χ3v) is 5.33. The zero-order chi connectivity index (χ0) is 17.2. The van der Waals surface area contributed by atoms with E-state index < -0.39 is 0 Å². The van der Waals surface area contributed by atoms with Gasteiger partial charge >= 0.3 is 6.09 Å². The van der Waals surface area contributed by atoms with Crippen molar-refractivity contribution in [1.82, 2.24) is 5.32 Å². The van der Waals surface area contributed by atoms with Crippen LogP contribution in [0.25, 0.3) is 0 Å². The lowest BCUT2D eigenvalue weighted by atomic mass is 9.82. The van der Waals surface area contributed by atoms with E-state index in [1.54, 1.807) is 0 Å². The molecule has 2 N–H and O–H groups in total. The van der Waals surface area contributed by atoms with Gasteiger partial charge in [0, 0.05) is 17.6 Å². The molecule has 2 aromatic rings. The molecule has 1 saturated carbocycles. The number of hydrogen-bond acceptors (Lipinski definition) is 3. The van der Waals surface area contributed by atoms with Crippen LogP contribution in [0, 0.1) is 11.8 Å². The Labute approximate surface area is 148 Å². The van der Waals surface area contributed by atoms with Crippen molar-refractivity contribution < 1.29 is 9.53 Å². The van der Waals surface area contributed by atoms with Gasteiger partial charge < -0.3 is 15.4 Å². The molecule has 130 valence electrons. The van der Waals surface area contributed by atoms with E-state index in [4.69, 9.17) is 4.74 Å². The average Bonchev–Trinajstić information content (AvgIpc) is 3.48. The summed E-state index contributed by atoms with van der Waals surface area (Å²) >= 11 is 0. The molecule has 0 unspecified atom stereocenters. The minimum absolute atomic E-state index is 0.0219. The first-order chi connectivity index (χ1) is 12.2. The van der Waals surface area contributed by atoms with Crippen molar-refractivity contribution in [2.24, 2.45) is 11.8 Å². The lowest BCUT2D eigenvalue weighted by Crippen LogP contribution is -2.45. The number of alkyl carbamates (subject to hydrolysis) is 1. The summed E-state index contributed by atoms with van der Waals surface area (Å²) in [4.78, 5) is 12.4. The molecule has 0 spiro atoms. The molecular formula is C21H24N2O2. The number of anilines is 1. The fraction of sp³-hybridized carbons (Fsp3) is 0.381. The van der Waals surface area contributed by atoms with Crippen molar-refractivity contribution in [2.45, 2.75) is 38.5 Å². The molecule has 2 aliphatic rings. The standard InChI is InChI=1S/C21H24N2O2/c1-14-19(16-11-12-16)22-18-10-6-5-9-17(18)20(14)23-21(24)25-13-15-7-3-2-4-8-15/h2-10,14,16,19-20,22H,11-13H2,1H3,(H,23,24)/t14-,19-,20-/m1/s1. The van der Waals surface area contributed by atoms with E-state index in [0.29, 0.717) is 24.5 Å². The Morgan fingerprint density at radius 2 is 1.84 bits per heavy atom. The van der Waals surface area contributed by atoms with Crippen LogP contribution in [0.15, 0.2) is 54.6 Å². The SMILES string of the molecule is C[C@H]1[C@@H](NC(=O)OCc2ccccc2)c2ccccc2N[C@H]1C1CC1. The molecular weight excluding hydrogens is 312 g/mol. The fourth-order valence-corrected chi connectivity index (χ4v) is 3.80. The average molecular weight is 336 g/mol. The van der Waals surface area contributed by atoms with Crippen LogP contribution in [-0.2, 0) is 11.3 Å². The number of carbonyl (C=O) groups excluding carboxylic acids is 1. The van der Waals surface area contributed by atoms with Gasteiger partial charge in [0.2, 0.25) is 0 Å². The van der Waals surface area contributed by atoms with Gasteiger partial charge in [-0.2, -0.15) is 0 Å². The number of amides is 1. The summed E-state index contributed by atoms with van der Waals surface area (Å²) in [7, 11) is 0. The number of fused-ring (bicyclic) bond motifs is 1. The second-order valence-electron chi connectivity index (χ2n) is 7.14. The van der Waals surface area contributed by atoms with Gasteiger partial charge in [-0.1, -0.05) is 55.5 Å². The zero-order valence-electron chi connectivity index (χ0n) is 14.4. The molecule has 0 saturated heterocycles. The van der Waals surface area contributed by atoms with E-state index in [2.05, 4.69) is 29.7 Å². The molecule has 0 bridgehead atoms. The molecule has 1 aliphatic carbocycles. The van der Waals surface area contributed by atoms with Crippen molar-refractivity contribution in [3.63, 3.8) is 0 Å². The molecule has 0 radical (unpaired) electrons. The number of rotatable bonds is 4. The van der Waals surface area contributed by atoms with E-state index >= 15 is 0 Å². The second kappa shape index (κ2) is 6.79. The maximum atomic E-state index is 12.4. The molecule has 1 heterocycles. The van der Waals surface area contributed by atoms with E-state index in [1.807, 2.05) is 42.5 Å². The fourth-order valence-electron chi connectivity index (χ4n) is 3.80. The first-order valence-electron chi connectivity index (χ1n) is 9.05. The van der Waals surface area contributed by atoms with Crippen LogP contribution in [-0.4, -0.2) is 12.1 Å². The molecule has 2 aromatic carbocycles. The zero-order valence-corrected chi connectivity index (χ0v) is 14.4. The quantitative estimate of drug-likeness (QED) is 0.864. The molecule has 4 rings (SSSR count). The summed E-state index contributed by atoms with van der Waals surface area (Å²) < 4.78 is 5.44. The van der Waals surface area contributed by atoms with Gasteiger partial charge in [-0.25, -0.2) is 4.79 Å². The van der Waals surface area contributed by atoms with Crippen LogP contribution < -0.4 is 10.6 Å². The summed E-state index contributed by atoms with van der Waals surface area (Å²) in [5.74, 6) is 1.04. The van der Waals surface area contributed by atoms with Crippen LogP contribution in [0.3, 0.4) is 0 Å².